The molecule has 1 unspecified atom stereocenters. The normalized spacial score (nSPS) is 12.4. The van der Waals surface area contributed by atoms with Gasteiger partial charge in [0.2, 0.25) is 0 Å². The van der Waals surface area contributed by atoms with Crippen LogP contribution in [-0.2, 0) is 4.74 Å². The number of benzene rings is 1. The Morgan fingerprint density at radius 3 is 2.89 bits per heavy atom. The van der Waals surface area contributed by atoms with E-state index in [1.807, 2.05) is 0 Å². The van der Waals surface area contributed by atoms with E-state index in [4.69, 9.17) is 9.47 Å². The molecule has 1 aromatic carbocycles. The molecular weight excluding hydrogens is 237 g/mol. The van der Waals surface area contributed by atoms with Crippen molar-refractivity contribution in [3.8, 4) is 5.75 Å². The fourth-order valence-corrected chi connectivity index (χ4v) is 1.46. The molecule has 0 heterocycles. The standard InChI is InChI=1S/C13H20FNO3/c1-10-7-11(14)3-4-13(10)18-9-12(16)8-15-5-6-17-2/h3-4,7,12,15-16H,5-6,8-9H2,1-2H3. The molecule has 0 aliphatic rings. The van der Waals surface area contributed by atoms with Gasteiger partial charge in [-0.25, -0.2) is 4.39 Å². The van der Waals surface area contributed by atoms with E-state index in [9.17, 15) is 9.50 Å². The lowest BCUT2D eigenvalue weighted by molar-refractivity contribution is 0.103. The molecule has 0 bridgehead atoms. The van der Waals surface area contributed by atoms with Crippen LogP contribution in [0.15, 0.2) is 18.2 Å². The third kappa shape index (κ3) is 5.44. The van der Waals surface area contributed by atoms with Crippen molar-refractivity contribution in [3.63, 3.8) is 0 Å². The highest BCUT2D eigenvalue weighted by atomic mass is 19.1. The van der Waals surface area contributed by atoms with Gasteiger partial charge >= 0.3 is 0 Å². The van der Waals surface area contributed by atoms with Gasteiger partial charge < -0.3 is 19.9 Å². The van der Waals surface area contributed by atoms with Crippen LogP contribution in [0.1, 0.15) is 5.56 Å². The van der Waals surface area contributed by atoms with Gasteiger partial charge in [0.05, 0.1) is 6.61 Å². The van der Waals surface area contributed by atoms with Crippen molar-refractivity contribution in [1.82, 2.24) is 5.32 Å². The fourth-order valence-electron chi connectivity index (χ4n) is 1.46. The number of hydrogen-bond donors (Lipinski definition) is 2. The van der Waals surface area contributed by atoms with Crippen LogP contribution in [0, 0.1) is 12.7 Å². The van der Waals surface area contributed by atoms with Crippen LogP contribution in [0.2, 0.25) is 0 Å². The summed E-state index contributed by atoms with van der Waals surface area (Å²) in [5.41, 5.74) is 0.717. The second kappa shape index (κ2) is 8.02. The first-order valence-corrected chi connectivity index (χ1v) is 5.90. The molecule has 4 nitrogen and oxygen atoms in total. The average Bonchev–Trinajstić information content (AvgIpc) is 2.33. The third-order valence-corrected chi connectivity index (χ3v) is 2.43. The molecule has 0 aromatic heterocycles. The first kappa shape index (κ1) is 14.9. The Hall–Kier alpha value is -1.17. The van der Waals surface area contributed by atoms with E-state index in [0.29, 0.717) is 25.4 Å². The van der Waals surface area contributed by atoms with Crippen molar-refractivity contribution in [3.05, 3.63) is 29.6 Å². The monoisotopic (exact) mass is 257 g/mol. The number of aryl methyl sites for hydroxylation is 1. The van der Waals surface area contributed by atoms with Crippen molar-refractivity contribution in [2.75, 3.05) is 33.4 Å². The van der Waals surface area contributed by atoms with E-state index in [-0.39, 0.29) is 12.4 Å². The first-order chi connectivity index (χ1) is 8.63. The largest absolute Gasteiger partial charge is 0.491 e. The Morgan fingerprint density at radius 1 is 1.44 bits per heavy atom. The van der Waals surface area contributed by atoms with Gasteiger partial charge in [0, 0.05) is 20.2 Å². The maximum Gasteiger partial charge on any atom is 0.123 e. The second-order valence-electron chi connectivity index (χ2n) is 4.07. The quantitative estimate of drug-likeness (QED) is 0.685. The highest BCUT2D eigenvalue weighted by Gasteiger charge is 2.06. The summed E-state index contributed by atoms with van der Waals surface area (Å²) in [5, 5.41) is 12.7. The summed E-state index contributed by atoms with van der Waals surface area (Å²) in [4.78, 5) is 0. The lowest BCUT2D eigenvalue weighted by Crippen LogP contribution is -2.33. The number of rotatable bonds is 8. The number of ether oxygens (including phenoxy) is 2. The zero-order chi connectivity index (χ0) is 13.4. The van der Waals surface area contributed by atoms with Gasteiger partial charge in [-0.1, -0.05) is 0 Å². The predicted octanol–water partition coefficient (Wildman–Crippen LogP) is 1.11. The maximum absolute atomic E-state index is 12.9. The summed E-state index contributed by atoms with van der Waals surface area (Å²) < 4.78 is 23.2. The van der Waals surface area contributed by atoms with Gasteiger partial charge in [-0.15, -0.1) is 0 Å². The summed E-state index contributed by atoms with van der Waals surface area (Å²) >= 11 is 0. The number of hydrogen-bond acceptors (Lipinski definition) is 4. The Morgan fingerprint density at radius 2 is 2.22 bits per heavy atom. The highest BCUT2D eigenvalue weighted by Crippen LogP contribution is 2.18. The fraction of sp³-hybridized carbons (Fsp3) is 0.538. The molecule has 1 rings (SSSR count). The minimum atomic E-state index is -0.605. The van der Waals surface area contributed by atoms with E-state index >= 15 is 0 Å². The minimum absolute atomic E-state index is 0.173. The zero-order valence-corrected chi connectivity index (χ0v) is 10.8. The molecule has 0 saturated carbocycles. The van der Waals surface area contributed by atoms with Gasteiger partial charge in [0.25, 0.3) is 0 Å². The maximum atomic E-state index is 12.9. The molecule has 0 radical (unpaired) electrons. The van der Waals surface area contributed by atoms with Gasteiger partial charge in [-0.3, -0.25) is 0 Å². The molecule has 0 amide bonds. The van der Waals surface area contributed by atoms with Crippen LogP contribution in [-0.4, -0.2) is 44.6 Å². The molecule has 102 valence electrons. The Labute approximate surface area is 107 Å². The van der Waals surface area contributed by atoms with Gasteiger partial charge in [0.1, 0.15) is 24.3 Å². The molecule has 0 aliphatic carbocycles. The van der Waals surface area contributed by atoms with Crippen molar-refractivity contribution in [1.29, 1.82) is 0 Å². The second-order valence-corrected chi connectivity index (χ2v) is 4.07. The van der Waals surface area contributed by atoms with Crippen LogP contribution in [0.3, 0.4) is 0 Å². The van der Waals surface area contributed by atoms with E-state index in [1.54, 1.807) is 20.1 Å². The SMILES string of the molecule is COCCNCC(O)COc1ccc(F)cc1C. The van der Waals surface area contributed by atoms with Crippen molar-refractivity contribution >= 4 is 0 Å². The molecule has 1 atom stereocenters. The van der Waals surface area contributed by atoms with Gasteiger partial charge in [0.15, 0.2) is 0 Å². The molecule has 0 fully saturated rings. The number of methoxy groups -OCH3 is 1. The molecular formula is C13H20FNO3. The van der Waals surface area contributed by atoms with Crippen LogP contribution >= 0.6 is 0 Å². The highest BCUT2D eigenvalue weighted by molar-refractivity contribution is 5.32. The lowest BCUT2D eigenvalue weighted by Gasteiger charge is -2.14. The van der Waals surface area contributed by atoms with Crippen molar-refractivity contribution in [2.45, 2.75) is 13.0 Å². The molecule has 0 saturated heterocycles. The predicted molar refractivity (Wildman–Crippen MR) is 67.4 cm³/mol. The number of aliphatic hydroxyl groups is 1. The average molecular weight is 257 g/mol. The molecule has 18 heavy (non-hydrogen) atoms. The molecule has 2 N–H and O–H groups in total. The zero-order valence-electron chi connectivity index (χ0n) is 10.8. The topological polar surface area (TPSA) is 50.7 Å². The van der Waals surface area contributed by atoms with Crippen LogP contribution in [0.4, 0.5) is 4.39 Å². The van der Waals surface area contributed by atoms with Crippen molar-refractivity contribution < 1.29 is 19.0 Å². The van der Waals surface area contributed by atoms with E-state index < -0.39 is 6.10 Å². The first-order valence-electron chi connectivity index (χ1n) is 5.90. The Bertz CT molecular complexity index is 360. The summed E-state index contributed by atoms with van der Waals surface area (Å²) in [5.74, 6) is 0.300. The van der Waals surface area contributed by atoms with Crippen LogP contribution in [0.5, 0.6) is 5.75 Å². The lowest BCUT2D eigenvalue weighted by atomic mass is 10.2. The van der Waals surface area contributed by atoms with E-state index in [1.165, 1.54) is 12.1 Å². The van der Waals surface area contributed by atoms with E-state index in [0.717, 1.165) is 5.56 Å². The molecule has 0 spiro atoms. The smallest absolute Gasteiger partial charge is 0.123 e. The third-order valence-electron chi connectivity index (χ3n) is 2.43. The Kier molecular flexibility index (Phi) is 6.64. The molecule has 0 aliphatic heterocycles. The number of halogens is 1. The summed E-state index contributed by atoms with van der Waals surface area (Å²) in [7, 11) is 1.62. The molecule has 1 aromatic rings. The van der Waals surface area contributed by atoms with Crippen LogP contribution in [0.25, 0.3) is 0 Å². The molecule has 5 heteroatoms. The minimum Gasteiger partial charge on any atom is -0.491 e. The summed E-state index contributed by atoms with van der Waals surface area (Å²) in [6.45, 7) is 3.66. The Balaban J connectivity index is 2.27. The number of aliphatic hydroxyl groups excluding tert-OH is 1. The number of nitrogens with one attached hydrogen (secondary N) is 1. The van der Waals surface area contributed by atoms with Crippen LogP contribution < -0.4 is 10.1 Å². The summed E-state index contributed by atoms with van der Waals surface area (Å²) in [6.07, 6.45) is -0.605. The van der Waals surface area contributed by atoms with Gasteiger partial charge in [-0.2, -0.15) is 0 Å². The van der Waals surface area contributed by atoms with Gasteiger partial charge in [-0.05, 0) is 30.7 Å². The van der Waals surface area contributed by atoms with E-state index in [2.05, 4.69) is 5.32 Å². The van der Waals surface area contributed by atoms with Crippen molar-refractivity contribution in [2.24, 2.45) is 0 Å². The summed E-state index contributed by atoms with van der Waals surface area (Å²) in [6, 6.07) is 4.31.